The number of phenolic OH excluding ortho intramolecular Hbond substituents is 1. The van der Waals surface area contributed by atoms with Crippen LogP contribution in [0, 0.1) is 0 Å². The highest BCUT2D eigenvalue weighted by Gasteiger charge is 2.15. The molecule has 1 aromatic rings. The number of carbonyl (C=O) groups is 2. The van der Waals surface area contributed by atoms with Crippen molar-refractivity contribution in [1.29, 1.82) is 0 Å². The molecule has 0 saturated heterocycles. The topological polar surface area (TPSA) is 114 Å². The lowest BCUT2D eigenvalue weighted by atomic mass is 10.2. The van der Waals surface area contributed by atoms with Crippen LogP contribution in [0.5, 0.6) is 5.75 Å². The van der Waals surface area contributed by atoms with Gasteiger partial charge in [-0.25, -0.2) is 4.79 Å². The molecule has 0 aromatic heterocycles. The van der Waals surface area contributed by atoms with E-state index in [2.05, 4.69) is 10.6 Å². The maximum atomic E-state index is 11.8. The second-order valence-corrected chi connectivity index (χ2v) is 5.46. The number of benzene rings is 1. The van der Waals surface area contributed by atoms with Gasteiger partial charge in [0, 0.05) is 18.7 Å². The average molecular weight is 295 g/mol. The molecule has 7 heteroatoms. The average Bonchev–Trinajstić information content (AvgIpc) is 2.35. The highest BCUT2D eigenvalue weighted by Crippen LogP contribution is 2.20. The van der Waals surface area contributed by atoms with E-state index in [0.717, 1.165) is 0 Å². The maximum Gasteiger partial charge on any atom is 0.407 e. The van der Waals surface area contributed by atoms with Crippen molar-refractivity contribution in [3.63, 3.8) is 0 Å². The summed E-state index contributed by atoms with van der Waals surface area (Å²) in [4.78, 5) is 23.1. The second kappa shape index (κ2) is 6.83. The molecule has 0 aliphatic carbocycles. The molecule has 0 atom stereocenters. The molecule has 1 rings (SSSR count). The van der Waals surface area contributed by atoms with Crippen LogP contribution in [0.4, 0.5) is 10.5 Å². The number of hydrogen-bond acceptors (Lipinski definition) is 5. The third-order valence-corrected chi connectivity index (χ3v) is 2.37. The highest BCUT2D eigenvalue weighted by atomic mass is 16.6. The molecule has 0 fully saturated rings. The summed E-state index contributed by atoms with van der Waals surface area (Å²) in [7, 11) is 0. The number of anilines is 1. The van der Waals surface area contributed by atoms with E-state index in [9.17, 15) is 14.7 Å². The minimum Gasteiger partial charge on any atom is -0.506 e. The maximum absolute atomic E-state index is 11.8. The number of hydrogen-bond donors (Lipinski definition) is 4. The van der Waals surface area contributed by atoms with Crippen LogP contribution in [-0.2, 0) is 4.74 Å². The standard InChI is InChI=1S/C14H21N3O4/c1-14(2,3)21-13(20)17-7-6-16-12(19)9-4-5-10(15)11(18)8-9/h4-5,8,18H,6-7,15H2,1-3H3,(H,16,19)(H,17,20). The van der Waals surface area contributed by atoms with Crippen LogP contribution < -0.4 is 16.4 Å². The molecule has 0 aliphatic rings. The summed E-state index contributed by atoms with van der Waals surface area (Å²) in [5.41, 5.74) is 5.39. The quantitative estimate of drug-likeness (QED) is 0.379. The molecule has 0 bridgehead atoms. The normalized spacial score (nSPS) is 10.8. The van der Waals surface area contributed by atoms with Gasteiger partial charge in [0.05, 0.1) is 5.69 Å². The Morgan fingerprint density at radius 2 is 1.86 bits per heavy atom. The fraction of sp³-hybridized carbons (Fsp3) is 0.429. The fourth-order valence-corrected chi connectivity index (χ4v) is 1.44. The van der Waals surface area contributed by atoms with E-state index < -0.39 is 11.7 Å². The summed E-state index contributed by atoms with van der Waals surface area (Å²) in [6.07, 6.45) is -0.540. The number of aromatic hydroxyl groups is 1. The number of rotatable bonds is 4. The number of alkyl carbamates (subject to hydrolysis) is 1. The molecule has 7 nitrogen and oxygen atoms in total. The molecule has 0 aliphatic heterocycles. The van der Waals surface area contributed by atoms with Crippen molar-refractivity contribution in [2.75, 3.05) is 18.8 Å². The van der Waals surface area contributed by atoms with Crippen molar-refractivity contribution in [3.05, 3.63) is 23.8 Å². The predicted octanol–water partition coefficient (Wildman–Crippen LogP) is 1.23. The van der Waals surface area contributed by atoms with Gasteiger partial charge in [-0.2, -0.15) is 0 Å². The number of nitrogens with two attached hydrogens (primary N) is 1. The second-order valence-electron chi connectivity index (χ2n) is 5.46. The van der Waals surface area contributed by atoms with Gasteiger partial charge in [-0.1, -0.05) is 0 Å². The largest absolute Gasteiger partial charge is 0.506 e. The van der Waals surface area contributed by atoms with Gasteiger partial charge in [-0.15, -0.1) is 0 Å². The molecule has 0 radical (unpaired) electrons. The number of phenols is 1. The van der Waals surface area contributed by atoms with E-state index in [1.54, 1.807) is 20.8 Å². The molecule has 2 amide bonds. The van der Waals surface area contributed by atoms with Crippen molar-refractivity contribution in [3.8, 4) is 5.75 Å². The van der Waals surface area contributed by atoms with Gasteiger partial charge in [0.1, 0.15) is 11.4 Å². The summed E-state index contributed by atoms with van der Waals surface area (Å²) < 4.78 is 5.05. The zero-order valence-electron chi connectivity index (χ0n) is 12.4. The minimum atomic E-state index is -0.561. The molecule has 1 aromatic carbocycles. The van der Waals surface area contributed by atoms with Gasteiger partial charge in [0.2, 0.25) is 0 Å². The van der Waals surface area contributed by atoms with Gasteiger partial charge >= 0.3 is 6.09 Å². The van der Waals surface area contributed by atoms with Gasteiger partial charge in [0.25, 0.3) is 5.91 Å². The molecule has 0 heterocycles. The van der Waals surface area contributed by atoms with Crippen LogP contribution in [0.15, 0.2) is 18.2 Å². The van der Waals surface area contributed by atoms with E-state index in [4.69, 9.17) is 10.5 Å². The number of ether oxygens (including phenoxy) is 1. The number of nitrogens with one attached hydrogen (secondary N) is 2. The van der Waals surface area contributed by atoms with Crippen LogP contribution in [0.1, 0.15) is 31.1 Å². The molecule has 21 heavy (non-hydrogen) atoms. The molecule has 0 saturated carbocycles. The Morgan fingerprint density at radius 3 is 2.43 bits per heavy atom. The van der Waals surface area contributed by atoms with Crippen molar-refractivity contribution in [2.45, 2.75) is 26.4 Å². The molecule has 0 unspecified atom stereocenters. The Hall–Kier alpha value is -2.44. The van der Waals surface area contributed by atoms with E-state index in [1.165, 1.54) is 18.2 Å². The Labute approximate surface area is 123 Å². The first-order chi connectivity index (χ1) is 9.69. The summed E-state index contributed by atoms with van der Waals surface area (Å²) in [6.45, 7) is 5.77. The summed E-state index contributed by atoms with van der Waals surface area (Å²) in [6, 6.07) is 4.24. The smallest absolute Gasteiger partial charge is 0.407 e. The zero-order chi connectivity index (χ0) is 16.0. The van der Waals surface area contributed by atoms with Crippen LogP contribution in [-0.4, -0.2) is 35.8 Å². The van der Waals surface area contributed by atoms with Crippen LogP contribution >= 0.6 is 0 Å². The lowest BCUT2D eigenvalue weighted by molar-refractivity contribution is 0.0526. The summed E-state index contributed by atoms with van der Waals surface area (Å²) in [5, 5.41) is 14.5. The van der Waals surface area contributed by atoms with Gasteiger partial charge in [-0.3, -0.25) is 4.79 Å². The summed E-state index contributed by atoms with van der Waals surface area (Å²) in [5.74, 6) is -0.509. The summed E-state index contributed by atoms with van der Waals surface area (Å²) >= 11 is 0. The van der Waals surface area contributed by atoms with Crippen LogP contribution in [0.3, 0.4) is 0 Å². The van der Waals surface area contributed by atoms with Gasteiger partial charge in [0.15, 0.2) is 0 Å². The lowest BCUT2D eigenvalue weighted by Crippen LogP contribution is -2.37. The number of amides is 2. The first-order valence-electron chi connectivity index (χ1n) is 6.52. The van der Waals surface area contributed by atoms with Crippen molar-refractivity contribution in [2.24, 2.45) is 0 Å². The first-order valence-corrected chi connectivity index (χ1v) is 6.52. The third-order valence-electron chi connectivity index (χ3n) is 2.37. The van der Waals surface area contributed by atoms with Gasteiger partial charge < -0.3 is 26.2 Å². The monoisotopic (exact) mass is 295 g/mol. The van der Waals surface area contributed by atoms with E-state index in [-0.39, 0.29) is 30.4 Å². The number of carbonyl (C=O) groups excluding carboxylic acids is 2. The molecule has 0 spiro atoms. The number of nitrogen functional groups attached to an aromatic ring is 1. The zero-order valence-corrected chi connectivity index (χ0v) is 12.4. The van der Waals surface area contributed by atoms with Crippen LogP contribution in [0.25, 0.3) is 0 Å². The van der Waals surface area contributed by atoms with E-state index >= 15 is 0 Å². The van der Waals surface area contributed by atoms with Crippen molar-refractivity contribution < 1.29 is 19.4 Å². The SMILES string of the molecule is CC(C)(C)OC(=O)NCCNC(=O)c1ccc(N)c(O)c1. The van der Waals surface area contributed by atoms with E-state index in [0.29, 0.717) is 5.56 Å². The van der Waals surface area contributed by atoms with Crippen molar-refractivity contribution in [1.82, 2.24) is 10.6 Å². The van der Waals surface area contributed by atoms with Gasteiger partial charge in [-0.05, 0) is 39.0 Å². The first kappa shape index (κ1) is 16.6. The van der Waals surface area contributed by atoms with E-state index in [1.807, 2.05) is 0 Å². The Bertz CT molecular complexity index is 523. The highest BCUT2D eigenvalue weighted by molar-refractivity contribution is 5.95. The Kier molecular flexibility index (Phi) is 5.40. The third kappa shape index (κ3) is 6.03. The lowest BCUT2D eigenvalue weighted by Gasteiger charge is -2.19. The molecule has 116 valence electrons. The Morgan fingerprint density at radius 1 is 1.24 bits per heavy atom. The Balaban J connectivity index is 2.34. The minimum absolute atomic E-state index is 0.144. The predicted molar refractivity (Wildman–Crippen MR) is 79.1 cm³/mol. The molecular weight excluding hydrogens is 274 g/mol. The molecule has 5 N–H and O–H groups in total. The molecular formula is C14H21N3O4. The fourth-order valence-electron chi connectivity index (χ4n) is 1.44. The van der Waals surface area contributed by atoms with Crippen LogP contribution in [0.2, 0.25) is 0 Å². The van der Waals surface area contributed by atoms with Crippen molar-refractivity contribution >= 4 is 17.7 Å².